The topological polar surface area (TPSA) is 68.6 Å². The van der Waals surface area contributed by atoms with E-state index < -0.39 is 0 Å². The zero-order valence-electron chi connectivity index (χ0n) is 17.9. The number of hydrogen-bond acceptors (Lipinski definition) is 5. The third kappa shape index (κ3) is 3.37. The summed E-state index contributed by atoms with van der Waals surface area (Å²) in [6.07, 6.45) is 2.45. The second kappa shape index (κ2) is 7.16. The lowest BCUT2D eigenvalue weighted by atomic mass is 10.1. The van der Waals surface area contributed by atoms with E-state index in [-0.39, 0.29) is 11.3 Å². The minimum atomic E-state index is -0.0177. The van der Waals surface area contributed by atoms with E-state index in [2.05, 4.69) is 33.0 Å². The first-order chi connectivity index (χ1) is 14.4. The first kappa shape index (κ1) is 19.2. The minimum Gasteiger partial charge on any atom is -0.451 e. The molecule has 1 saturated heterocycles. The first-order valence-electron chi connectivity index (χ1n) is 10.7. The summed E-state index contributed by atoms with van der Waals surface area (Å²) in [5.74, 6) is 1.44. The highest BCUT2D eigenvalue weighted by atomic mass is 16.3. The Balaban J connectivity index is 1.32. The quantitative estimate of drug-likeness (QED) is 0.703. The fourth-order valence-corrected chi connectivity index (χ4v) is 4.27. The number of nitrogens with zero attached hydrogens (tertiary/aromatic N) is 4. The Morgan fingerprint density at radius 2 is 1.93 bits per heavy atom. The molecule has 1 aromatic carbocycles. The number of amides is 1. The molecule has 7 heteroatoms. The molecule has 0 spiro atoms. The summed E-state index contributed by atoms with van der Waals surface area (Å²) >= 11 is 0. The first-order valence-corrected chi connectivity index (χ1v) is 10.7. The van der Waals surface area contributed by atoms with Gasteiger partial charge in [0.05, 0.1) is 0 Å². The van der Waals surface area contributed by atoms with Crippen molar-refractivity contribution in [1.29, 1.82) is 0 Å². The lowest BCUT2D eigenvalue weighted by Gasteiger charge is -2.34. The van der Waals surface area contributed by atoms with E-state index in [1.165, 1.54) is 18.5 Å². The summed E-state index contributed by atoms with van der Waals surface area (Å²) in [7, 11) is 4.02. The second-order valence-electron chi connectivity index (χ2n) is 9.12. The van der Waals surface area contributed by atoms with Crippen LogP contribution in [0.4, 0.5) is 5.82 Å². The third-order valence-corrected chi connectivity index (χ3v) is 6.47. The van der Waals surface area contributed by atoms with Gasteiger partial charge in [0.2, 0.25) is 0 Å². The summed E-state index contributed by atoms with van der Waals surface area (Å²) in [5.41, 5.74) is 3.26. The van der Waals surface area contributed by atoms with Crippen molar-refractivity contribution in [1.82, 2.24) is 20.0 Å². The number of carbonyl (C=O) groups is 1. The van der Waals surface area contributed by atoms with Gasteiger partial charge in [0.1, 0.15) is 5.58 Å². The summed E-state index contributed by atoms with van der Waals surface area (Å²) in [6.45, 7) is 5.83. The Bertz CT molecular complexity index is 1070. The van der Waals surface area contributed by atoms with Crippen LogP contribution in [0.15, 0.2) is 34.7 Å². The molecule has 5 rings (SSSR count). The predicted octanol–water partition coefficient (Wildman–Crippen LogP) is 3.23. The molecule has 1 saturated carbocycles. The Morgan fingerprint density at radius 3 is 2.63 bits per heavy atom. The van der Waals surface area contributed by atoms with Gasteiger partial charge in [0.15, 0.2) is 11.6 Å². The summed E-state index contributed by atoms with van der Waals surface area (Å²) < 4.78 is 6.03. The maximum absolute atomic E-state index is 13.3. The Labute approximate surface area is 176 Å². The molecule has 0 unspecified atom stereocenters. The van der Waals surface area contributed by atoms with Crippen LogP contribution in [0, 0.1) is 0 Å². The van der Waals surface area contributed by atoms with E-state index in [1.807, 2.05) is 43.3 Å². The van der Waals surface area contributed by atoms with E-state index >= 15 is 0 Å². The number of aromatic nitrogens is 2. The zero-order valence-corrected chi connectivity index (χ0v) is 17.9. The van der Waals surface area contributed by atoms with Crippen LogP contribution >= 0.6 is 0 Å². The average Bonchev–Trinajstić information content (AvgIpc) is 3.17. The second-order valence-corrected chi connectivity index (χ2v) is 9.12. The molecule has 2 aliphatic rings. The number of piperazine rings is 1. The van der Waals surface area contributed by atoms with E-state index in [9.17, 15) is 4.79 Å². The number of nitrogens with one attached hydrogen (secondary N) is 1. The predicted molar refractivity (Wildman–Crippen MR) is 117 cm³/mol. The number of furan rings is 1. The minimum absolute atomic E-state index is 0.0177. The van der Waals surface area contributed by atoms with Crippen molar-refractivity contribution in [3.8, 4) is 0 Å². The van der Waals surface area contributed by atoms with Crippen molar-refractivity contribution >= 4 is 22.7 Å². The molecule has 0 atom stereocenters. The SMILES string of the molecule is CN(C)Cc1c(C(=O)N2CCN(c3cc(C4(C)CC4)[nH]n3)CC2)oc2ccccc12. The van der Waals surface area contributed by atoms with Crippen molar-refractivity contribution in [2.75, 3.05) is 45.2 Å². The van der Waals surface area contributed by atoms with Crippen molar-refractivity contribution in [3.63, 3.8) is 0 Å². The van der Waals surface area contributed by atoms with Gasteiger partial charge in [-0.3, -0.25) is 9.89 Å². The van der Waals surface area contributed by atoms with Crippen LogP contribution < -0.4 is 4.90 Å². The number of H-pyrrole nitrogens is 1. The van der Waals surface area contributed by atoms with Crippen molar-refractivity contribution in [3.05, 3.63) is 47.3 Å². The number of para-hydroxylation sites is 1. The van der Waals surface area contributed by atoms with Gasteiger partial charge in [0, 0.05) is 60.8 Å². The average molecular weight is 408 g/mol. The molecule has 0 bridgehead atoms. The number of aromatic amines is 1. The van der Waals surface area contributed by atoms with Crippen LogP contribution in [-0.2, 0) is 12.0 Å². The molecule has 158 valence electrons. The van der Waals surface area contributed by atoms with Gasteiger partial charge in [-0.05, 0) is 33.0 Å². The molecule has 0 radical (unpaired) electrons. The Kier molecular flexibility index (Phi) is 4.58. The van der Waals surface area contributed by atoms with Crippen LogP contribution in [0.2, 0.25) is 0 Å². The molecule has 2 aromatic heterocycles. The number of benzene rings is 1. The molecule has 2 fully saturated rings. The number of anilines is 1. The van der Waals surface area contributed by atoms with Gasteiger partial charge in [-0.15, -0.1) is 0 Å². The van der Waals surface area contributed by atoms with Crippen molar-refractivity contribution < 1.29 is 9.21 Å². The maximum atomic E-state index is 13.3. The summed E-state index contributed by atoms with van der Waals surface area (Å²) in [5, 5.41) is 8.76. The van der Waals surface area contributed by atoms with Crippen LogP contribution in [0.3, 0.4) is 0 Å². The van der Waals surface area contributed by atoms with Crippen molar-refractivity contribution in [2.24, 2.45) is 0 Å². The van der Waals surface area contributed by atoms with Gasteiger partial charge < -0.3 is 19.1 Å². The van der Waals surface area contributed by atoms with E-state index in [1.54, 1.807) is 0 Å². The van der Waals surface area contributed by atoms with Gasteiger partial charge in [-0.25, -0.2) is 0 Å². The van der Waals surface area contributed by atoms with Gasteiger partial charge in [-0.1, -0.05) is 25.1 Å². The van der Waals surface area contributed by atoms with Gasteiger partial charge in [-0.2, -0.15) is 5.10 Å². The molecule has 30 heavy (non-hydrogen) atoms. The van der Waals surface area contributed by atoms with Crippen LogP contribution in [0.25, 0.3) is 11.0 Å². The number of fused-ring (bicyclic) bond motifs is 1. The fourth-order valence-electron chi connectivity index (χ4n) is 4.27. The highest BCUT2D eigenvalue weighted by Crippen LogP contribution is 2.47. The molecular weight excluding hydrogens is 378 g/mol. The molecule has 1 N–H and O–H groups in total. The van der Waals surface area contributed by atoms with Crippen LogP contribution in [0.5, 0.6) is 0 Å². The third-order valence-electron chi connectivity index (χ3n) is 6.47. The molecule has 7 nitrogen and oxygen atoms in total. The van der Waals surface area contributed by atoms with Crippen LogP contribution in [-0.4, -0.2) is 66.2 Å². The Hall–Kier alpha value is -2.80. The van der Waals surface area contributed by atoms with Gasteiger partial charge in [0.25, 0.3) is 5.91 Å². The van der Waals surface area contributed by atoms with E-state index in [0.29, 0.717) is 25.4 Å². The lowest BCUT2D eigenvalue weighted by Crippen LogP contribution is -2.49. The number of rotatable bonds is 5. The highest BCUT2D eigenvalue weighted by Gasteiger charge is 2.41. The normalized spacial score (nSPS) is 18.4. The number of hydrogen-bond donors (Lipinski definition) is 1. The van der Waals surface area contributed by atoms with E-state index in [0.717, 1.165) is 35.4 Å². The molecule has 1 aliphatic heterocycles. The van der Waals surface area contributed by atoms with Gasteiger partial charge >= 0.3 is 0 Å². The standard InChI is InChI=1S/C23H29N5O2/c1-23(8-9-23)19-14-20(25-24-19)27-10-12-28(13-11-27)22(29)21-17(15-26(2)3)16-6-4-5-7-18(16)30-21/h4-7,14H,8-13,15H2,1-3H3,(H,24,25). The zero-order chi connectivity index (χ0) is 20.9. The highest BCUT2D eigenvalue weighted by molar-refractivity contribution is 5.99. The monoisotopic (exact) mass is 407 g/mol. The van der Waals surface area contributed by atoms with Crippen molar-refractivity contribution in [2.45, 2.75) is 31.7 Å². The largest absolute Gasteiger partial charge is 0.451 e. The van der Waals surface area contributed by atoms with Crippen LogP contribution in [0.1, 0.15) is 41.6 Å². The number of carbonyl (C=O) groups excluding carboxylic acids is 1. The smallest absolute Gasteiger partial charge is 0.290 e. The molecule has 1 aliphatic carbocycles. The maximum Gasteiger partial charge on any atom is 0.290 e. The molecule has 3 aromatic rings. The van der Waals surface area contributed by atoms with E-state index in [4.69, 9.17) is 4.42 Å². The summed E-state index contributed by atoms with van der Waals surface area (Å²) in [6, 6.07) is 10.1. The summed E-state index contributed by atoms with van der Waals surface area (Å²) in [4.78, 5) is 19.6. The molecule has 3 heterocycles. The fraction of sp³-hybridized carbons (Fsp3) is 0.478. The molecule has 1 amide bonds. The molecular formula is C23H29N5O2. The lowest BCUT2D eigenvalue weighted by molar-refractivity contribution is 0.0714. The Morgan fingerprint density at radius 1 is 1.20 bits per heavy atom.